The zero-order chi connectivity index (χ0) is 13.0. The van der Waals surface area contributed by atoms with Gasteiger partial charge in [-0.25, -0.2) is 0 Å². The molecule has 3 heteroatoms. The fourth-order valence-corrected chi connectivity index (χ4v) is 2.59. The lowest BCUT2D eigenvalue weighted by Crippen LogP contribution is -2.39. The van der Waals surface area contributed by atoms with Crippen molar-refractivity contribution in [2.24, 2.45) is 5.92 Å². The third kappa shape index (κ3) is 3.33. The predicted molar refractivity (Wildman–Crippen MR) is 71.2 cm³/mol. The molecule has 0 radical (unpaired) electrons. The predicted octanol–water partition coefficient (Wildman–Crippen LogP) is 1.81. The first kappa shape index (κ1) is 13.1. The van der Waals surface area contributed by atoms with Crippen molar-refractivity contribution in [1.82, 2.24) is 5.32 Å². The fourth-order valence-electron chi connectivity index (χ4n) is 2.59. The van der Waals surface area contributed by atoms with E-state index in [1.54, 1.807) is 0 Å². The zero-order valence-corrected chi connectivity index (χ0v) is 10.9. The molecule has 1 aliphatic rings. The average Bonchev–Trinajstić information content (AvgIpc) is 2.79. The smallest absolute Gasteiger partial charge is 0.224 e. The minimum Gasteiger partial charge on any atom is -0.396 e. The molecule has 2 N–H and O–H groups in total. The van der Waals surface area contributed by atoms with Crippen LogP contribution in [0.5, 0.6) is 0 Å². The number of benzene rings is 1. The first-order chi connectivity index (χ1) is 8.69. The van der Waals surface area contributed by atoms with Gasteiger partial charge in [0.2, 0.25) is 5.91 Å². The van der Waals surface area contributed by atoms with Crippen molar-refractivity contribution in [3.05, 3.63) is 35.4 Å². The van der Waals surface area contributed by atoms with Gasteiger partial charge in [-0.3, -0.25) is 4.79 Å². The lowest BCUT2D eigenvalue weighted by Gasteiger charge is -2.19. The summed E-state index contributed by atoms with van der Waals surface area (Å²) in [5.41, 5.74) is 2.24. The van der Waals surface area contributed by atoms with Gasteiger partial charge in [0, 0.05) is 18.6 Å². The molecule has 0 aromatic heterocycles. The Labute approximate surface area is 108 Å². The Morgan fingerprint density at radius 2 is 2.06 bits per heavy atom. The van der Waals surface area contributed by atoms with Crippen LogP contribution in [0, 0.1) is 12.8 Å². The van der Waals surface area contributed by atoms with Crippen molar-refractivity contribution in [1.29, 1.82) is 0 Å². The van der Waals surface area contributed by atoms with E-state index in [-0.39, 0.29) is 24.5 Å². The number of amides is 1. The highest BCUT2D eigenvalue weighted by molar-refractivity contribution is 5.78. The molecule has 18 heavy (non-hydrogen) atoms. The molecule has 0 saturated heterocycles. The summed E-state index contributed by atoms with van der Waals surface area (Å²) in [4.78, 5) is 11.9. The largest absolute Gasteiger partial charge is 0.396 e. The number of hydrogen-bond donors (Lipinski definition) is 2. The van der Waals surface area contributed by atoms with Gasteiger partial charge in [0.1, 0.15) is 0 Å². The molecule has 1 fully saturated rings. The van der Waals surface area contributed by atoms with E-state index in [1.165, 1.54) is 5.56 Å². The number of hydrogen-bond acceptors (Lipinski definition) is 2. The van der Waals surface area contributed by atoms with Crippen LogP contribution < -0.4 is 5.32 Å². The van der Waals surface area contributed by atoms with Crippen molar-refractivity contribution in [3.8, 4) is 0 Å². The Bertz CT molecular complexity index is 399. The van der Waals surface area contributed by atoms with Crippen molar-refractivity contribution >= 4 is 5.91 Å². The second kappa shape index (κ2) is 6.01. The summed E-state index contributed by atoms with van der Waals surface area (Å²) >= 11 is 0. The van der Waals surface area contributed by atoms with Crippen LogP contribution in [0.1, 0.15) is 30.4 Å². The van der Waals surface area contributed by atoms with E-state index >= 15 is 0 Å². The maximum Gasteiger partial charge on any atom is 0.224 e. The Morgan fingerprint density at radius 1 is 1.33 bits per heavy atom. The quantitative estimate of drug-likeness (QED) is 0.852. The van der Waals surface area contributed by atoms with Crippen LogP contribution in [0.4, 0.5) is 0 Å². The standard InChI is InChI=1S/C15H21NO2/c1-11-5-7-12(8-6-11)9-15(18)16-14-4-2-3-13(14)10-17/h5-8,13-14,17H,2-4,9-10H2,1H3,(H,16,18). The van der Waals surface area contributed by atoms with Crippen LogP contribution in [0.2, 0.25) is 0 Å². The van der Waals surface area contributed by atoms with Gasteiger partial charge in [-0.05, 0) is 25.3 Å². The highest BCUT2D eigenvalue weighted by atomic mass is 16.3. The topological polar surface area (TPSA) is 49.3 Å². The summed E-state index contributed by atoms with van der Waals surface area (Å²) in [5.74, 6) is 0.302. The van der Waals surface area contributed by atoms with Gasteiger partial charge in [-0.1, -0.05) is 36.2 Å². The van der Waals surface area contributed by atoms with Gasteiger partial charge in [0.25, 0.3) is 0 Å². The van der Waals surface area contributed by atoms with Gasteiger partial charge in [-0.2, -0.15) is 0 Å². The third-order valence-electron chi connectivity index (χ3n) is 3.73. The SMILES string of the molecule is Cc1ccc(CC(=O)NC2CCCC2CO)cc1. The monoisotopic (exact) mass is 247 g/mol. The molecule has 98 valence electrons. The van der Waals surface area contributed by atoms with E-state index in [1.807, 2.05) is 31.2 Å². The maximum absolute atomic E-state index is 11.9. The van der Waals surface area contributed by atoms with Crippen LogP contribution in [0.3, 0.4) is 0 Å². The lowest BCUT2D eigenvalue weighted by molar-refractivity contribution is -0.121. The highest BCUT2D eigenvalue weighted by Crippen LogP contribution is 2.25. The molecule has 1 aromatic carbocycles. The number of carbonyl (C=O) groups excluding carboxylic acids is 1. The van der Waals surface area contributed by atoms with Gasteiger partial charge in [0.15, 0.2) is 0 Å². The van der Waals surface area contributed by atoms with Crippen molar-refractivity contribution < 1.29 is 9.90 Å². The maximum atomic E-state index is 11.9. The zero-order valence-electron chi connectivity index (χ0n) is 10.9. The Kier molecular flexibility index (Phi) is 4.37. The molecule has 1 saturated carbocycles. The summed E-state index contributed by atoms with van der Waals surface area (Å²) in [5, 5.41) is 12.3. The highest BCUT2D eigenvalue weighted by Gasteiger charge is 2.27. The Balaban J connectivity index is 1.86. The van der Waals surface area contributed by atoms with Crippen LogP contribution >= 0.6 is 0 Å². The molecular weight excluding hydrogens is 226 g/mol. The van der Waals surface area contributed by atoms with Crippen LogP contribution in [0.25, 0.3) is 0 Å². The molecule has 2 rings (SSSR count). The number of rotatable bonds is 4. The molecule has 0 bridgehead atoms. The van der Waals surface area contributed by atoms with E-state index in [0.29, 0.717) is 6.42 Å². The number of aliphatic hydroxyl groups excluding tert-OH is 1. The van der Waals surface area contributed by atoms with Crippen LogP contribution in [0.15, 0.2) is 24.3 Å². The molecule has 0 spiro atoms. The van der Waals surface area contributed by atoms with E-state index in [9.17, 15) is 9.90 Å². The van der Waals surface area contributed by atoms with Crippen molar-refractivity contribution in [2.75, 3.05) is 6.61 Å². The number of carbonyl (C=O) groups is 1. The second-order valence-corrected chi connectivity index (χ2v) is 5.21. The summed E-state index contributed by atoms with van der Waals surface area (Å²) in [6.45, 7) is 2.21. The molecule has 1 aliphatic carbocycles. The minimum absolute atomic E-state index is 0.0594. The number of aryl methyl sites for hydroxylation is 1. The Hall–Kier alpha value is -1.35. The summed E-state index contributed by atoms with van der Waals surface area (Å²) in [7, 11) is 0. The number of aliphatic hydroxyl groups is 1. The first-order valence-corrected chi connectivity index (χ1v) is 6.65. The van der Waals surface area contributed by atoms with Crippen molar-refractivity contribution in [2.45, 2.75) is 38.6 Å². The molecule has 0 aliphatic heterocycles. The molecule has 2 unspecified atom stereocenters. The van der Waals surface area contributed by atoms with Gasteiger partial charge in [-0.15, -0.1) is 0 Å². The van der Waals surface area contributed by atoms with Crippen molar-refractivity contribution in [3.63, 3.8) is 0 Å². The van der Waals surface area contributed by atoms with Gasteiger partial charge in [0.05, 0.1) is 6.42 Å². The average molecular weight is 247 g/mol. The van der Waals surface area contributed by atoms with Gasteiger partial charge >= 0.3 is 0 Å². The minimum atomic E-state index is 0.0594. The van der Waals surface area contributed by atoms with E-state index < -0.39 is 0 Å². The van der Waals surface area contributed by atoms with Crippen LogP contribution in [-0.2, 0) is 11.2 Å². The third-order valence-corrected chi connectivity index (χ3v) is 3.73. The molecule has 1 aromatic rings. The number of nitrogens with one attached hydrogen (secondary N) is 1. The molecule has 0 heterocycles. The molecule has 2 atom stereocenters. The molecular formula is C15H21NO2. The first-order valence-electron chi connectivity index (χ1n) is 6.65. The second-order valence-electron chi connectivity index (χ2n) is 5.21. The van der Waals surface area contributed by atoms with E-state index in [4.69, 9.17) is 0 Å². The van der Waals surface area contributed by atoms with Gasteiger partial charge < -0.3 is 10.4 Å². The summed E-state index contributed by atoms with van der Waals surface area (Å²) in [6, 6.07) is 8.19. The summed E-state index contributed by atoms with van der Waals surface area (Å²) < 4.78 is 0. The van der Waals surface area contributed by atoms with Crippen LogP contribution in [-0.4, -0.2) is 23.7 Å². The molecule has 3 nitrogen and oxygen atoms in total. The van der Waals surface area contributed by atoms with E-state index in [0.717, 1.165) is 24.8 Å². The summed E-state index contributed by atoms with van der Waals surface area (Å²) in [6.07, 6.45) is 3.53. The fraction of sp³-hybridized carbons (Fsp3) is 0.533. The lowest BCUT2D eigenvalue weighted by atomic mass is 10.0. The van der Waals surface area contributed by atoms with E-state index in [2.05, 4.69) is 5.32 Å². The Morgan fingerprint density at radius 3 is 2.72 bits per heavy atom. The normalized spacial score (nSPS) is 23.0. The molecule has 1 amide bonds.